The predicted octanol–water partition coefficient (Wildman–Crippen LogP) is 5.89. The van der Waals surface area contributed by atoms with Gasteiger partial charge in [0.25, 0.3) is 5.91 Å². The first-order valence-corrected chi connectivity index (χ1v) is 17.8. The minimum Gasteiger partial charge on any atom is -0.334 e. The lowest BCUT2D eigenvalue weighted by Crippen LogP contribution is -2.55. The minimum absolute atomic E-state index is 0.111. The maximum Gasteiger partial charge on any atom is 0.379 e. The van der Waals surface area contributed by atoms with Crippen LogP contribution in [0, 0.1) is 0 Å². The molecular weight excluding hydrogens is 719 g/mol. The van der Waals surface area contributed by atoms with E-state index in [-0.39, 0.29) is 17.0 Å². The van der Waals surface area contributed by atoms with Gasteiger partial charge in [0.1, 0.15) is 11.7 Å². The summed E-state index contributed by atoms with van der Waals surface area (Å²) in [5, 5.41) is 5.32. The van der Waals surface area contributed by atoms with E-state index in [1.807, 2.05) is 103 Å². The smallest absolute Gasteiger partial charge is 0.334 e. The molecule has 2 unspecified atom stereocenters. The summed E-state index contributed by atoms with van der Waals surface area (Å²) in [7, 11) is 0. The van der Waals surface area contributed by atoms with Gasteiger partial charge in [0, 0.05) is 15.6 Å². The maximum absolute atomic E-state index is 14.1. The van der Waals surface area contributed by atoms with Crippen molar-refractivity contribution in [2.75, 3.05) is 10.2 Å². The molecule has 3 heterocycles. The van der Waals surface area contributed by atoms with Crippen molar-refractivity contribution in [3.8, 4) is 0 Å². The van der Waals surface area contributed by atoms with Gasteiger partial charge in [-0.15, -0.1) is 23.1 Å². The highest BCUT2D eigenvalue weighted by molar-refractivity contribution is 14.1. The number of nitrogens with one attached hydrogen (secondary N) is 2. The van der Waals surface area contributed by atoms with Crippen LogP contribution < -0.4 is 10.8 Å². The molecule has 3 aromatic carbocycles. The molecule has 11 heteroatoms. The van der Waals surface area contributed by atoms with Crippen molar-refractivity contribution in [1.82, 2.24) is 20.7 Å². The number of thiazole rings is 1. The fraction of sp³-hybridized carbons (Fsp3) is 0.176. The molecule has 1 saturated heterocycles. The number of aromatic nitrogens is 1. The zero-order valence-electron chi connectivity index (χ0n) is 24.0. The molecule has 1 aromatic heterocycles. The van der Waals surface area contributed by atoms with E-state index in [1.54, 1.807) is 22.7 Å². The molecule has 6 rings (SSSR count). The number of alkyl halides is 1. The van der Waals surface area contributed by atoms with Gasteiger partial charge >= 0.3 is 5.97 Å². The predicted molar refractivity (Wildman–Crippen MR) is 184 cm³/mol. The van der Waals surface area contributed by atoms with Crippen LogP contribution in [0.2, 0.25) is 0 Å². The summed E-state index contributed by atoms with van der Waals surface area (Å²) in [6.45, 7) is 0. The number of nitrogens with zero attached hydrogens (tertiary/aromatic N) is 2. The Labute approximate surface area is 283 Å². The van der Waals surface area contributed by atoms with Crippen molar-refractivity contribution in [2.24, 2.45) is 0 Å². The van der Waals surface area contributed by atoms with E-state index in [0.717, 1.165) is 21.1 Å². The quantitative estimate of drug-likeness (QED) is 0.0687. The fourth-order valence-corrected chi connectivity index (χ4v) is 7.69. The average molecular weight is 749 g/mol. The number of β-lactam (4-membered cyclic amide) rings is 1. The van der Waals surface area contributed by atoms with Gasteiger partial charge < -0.3 is 4.84 Å². The summed E-state index contributed by atoms with van der Waals surface area (Å²) in [5.41, 5.74) is 7.12. The van der Waals surface area contributed by atoms with Crippen molar-refractivity contribution >= 4 is 63.5 Å². The summed E-state index contributed by atoms with van der Waals surface area (Å²) in [4.78, 5) is 51.5. The number of hydrogen-bond acceptors (Lipinski definition) is 8. The molecule has 2 aliphatic heterocycles. The average Bonchev–Trinajstić information content (AvgIpc) is 3.62. The highest BCUT2D eigenvalue weighted by atomic mass is 127. The van der Waals surface area contributed by atoms with Gasteiger partial charge in [-0.25, -0.2) is 9.78 Å². The molecule has 2 amide bonds. The maximum atomic E-state index is 14.1. The largest absolute Gasteiger partial charge is 0.379 e. The first kappa shape index (κ1) is 31.2. The van der Waals surface area contributed by atoms with E-state index in [4.69, 9.17) is 4.84 Å². The third-order valence-electron chi connectivity index (χ3n) is 7.72. The third kappa shape index (κ3) is 6.35. The Hall–Kier alpha value is -3.78. The molecule has 45 heavy (non-hydrogen) atoms. The van der Waals surface area contributed by atoms with Gasteiger partial charge in [0.15, 0.2) is 0 Å². The Bertz CT molecular complexity index is 1620. The van der Waals surface area contributed by atoms with Crippen LogP contribution in [0.3, 0.4) is 0 Å². The standard InChI is InChI=1S/C34H29IN4O4S2/c35-18-10-11-23-20-45-29-19-28(40)39(29)31(23)33(42)43-38-32(41)30(27-21-44-22-36-27)37-34(24-12-4-1-5-13-24,25-14-6-2-7-15-25)26-16-8-3-9-17-26/h1-17,21-22,29-30,37H,18-20H2,(H,38,41). The Morgan fingerprint density at radius 1 is 1.00 bits per heavy atom. The van der Waals surface area contributed by atoms with E-state index in [9.17, 15) is 14.4 Å². The Morgan fingerprint density at radius 2 is 1.60 bits per heavy atom. The highest BCUT2D eigenvalue weighted by Gasteiger charge is 2.46. The van der Waals surface area contributed by atoms with Gasteiger partial charge in [0.05, 0.1) is 28.5 Å². The summed E-state index contributed by atoms with van der Waals surface area (Å²) >= 11 is 5.18. The normalized spacial score (nSPS) is 17.0. The molecule has 0 saturated carbocycles. The number of amides is 2. The SMILES string of the molecule is O=C(ONC(=O)C(NC(c1ccccc1)(c1ccccc1)c1ccccc1)c1cscn1)C1=C(C=CCI)CSC2CC(=O)N12. The molecule has 1 fully saturated rings. The Morgan fingerprint density at radius 3 is 2.11 bits per heavy atom. The Kier molecular flexibility index (Phi) is 9.79. The van der Waals surface area contributed by atoms with E-state index >= 15 is 0 Å². The third-order valence-corrected chi connectivity index (χ3v) is 10.1. The number of allylic oxidation sites excluding steroid dienone is 2. The van der Waals surface area contributed by atoms with Crippen molar-refractivity contribution in [3.63, 3.8) is 0 Å². The molecule has 2 aliphatic rings. The van der Waals surface area contributed by atoms with Gasteiger partial charge in [-0.2, -0.15) is 5.48 Å². The molecule has 2 atom stereocenters. The molecule has 0 spiro atoms. The Balaban J connectivity index is 1.36. The van der Waals surface area contributed by atoms with Crippen LogP contribution in [-0.2, 0) is 24.8 Å². The van der Waals surface area contributed by atoms with Crippen LogP contribution in [0.25, 0.3) is 0 Å². The molecular formula is C34H29IN4O4S2. The van der Waals surface area contributed by atoms with E-state index in [2.05, 4.69) is 38.4 Å². The van der Waals surface area contributed by atoms with Crippen molar-refractivity contribution in [3.05, 3.63) is 148 Å². The number of hydroxylamine groups is 1. The second kappa shape index (κ2) is 14.1. The van der Waals surface area contributed by atoms with E-state index in [1.165, 1.54) is 16.2 Å². The second-order valence-corrected chi connectivity index (χ2v) is 13.1. The lowest BCUT2D eigenvalue weighted by Gasteiger charge is -2.43. The molecule has 0 bridgehead atoms. The van der Waals surface area contributed by atoms with Crippen LogP contribution in [0.1, 0.15) is 34.8 Å². The first-order chi connectivity index (χ1) is 22.0. The first-order valence-electron chi connectivity index (χ1n) is 14.3. The van der Waals surface area contributed by atoms with Crippen LogP contribution in [-0.4, -0.2) is 43.2 Å². The van der Waals surface area contributed by atoms with Crippen molar-refractivity contribution < 1.29 is 19.2 Å². The van der Waals surface area contributed by atoms with Crippen LogP contribution in [0.5, 0.6) is 0 Å². The summed E-state index contributed by atoms with van der Waals surface area (Å²) in [5.74, 6) is -0.974. The highest BCUT2D eigenvalue weighted by Crippen LogP contribution is 2.41. The lowest BCUT2D eigenvalue weighted by atomic mass is 9.76. The summed E-state index contributed by atoms with van der Waals surface area (Å²) in [6.07, 6.45) is 4.13. The van der Waals surface area contributed by atoms with Gasteiger partial charge in [-0.3, -0.25) is 19.8 Å². The number of thioether (sulfide) groups is 1. The molecule has 4 aromatic rings. The molecule has 0 aliphatic carbocycles. The van der Waals surface area contributed by atoms with Gasteiger partial charge in [-0.1, -0.05) is 126 Å². The van der Waals surface area contributed by atoms with Crippen LogP contribution >= 0.6 is 45.7 Å². The fourth-order valence-electron chi connectivity index (χ4n) is 5.61. The summed E-state index contributed by atoms with van der Waals surface area (Å²) < 4.78 is 0.745. The van der Waals surface area contributed by atoms with E-state index in [0.29, 0.717) is 23.4 Å². The molecule has 228 valence electrons. The summed E-state index contributed by atoms with van der Waals surface area (Å²) in [6, 6.07) is 28.7. The number of rotatable bonds is 10. The zero-order chi connectivity index (χ0) is 31.2. The number of carbonyl (C=O) groups is 3. The monoisotopic (exact) mass is 748 g/mol. The molecule has 2 N–H and O–H groups in total. The number of carbonyl (C=O) groups excluding carboxylic acids is 3. The second-order valence-electron chi connectivity index (χ2n) is 10.4. The number of benzene rings is 3. The number of hydrogen-bond donors (Lipinski definition) is 2. The van der Waals surface area contributed by atoms with Crippen molar-refractivity contribution in [1.29, 1.82) is 0 Å². The molecule has 8 nitrogen and oxygen atoms in total. The van der Waals surface area contributed by atoms with Crippen molar-refractivity contribution in [2.45, 2.75) is 23.4 Å². The topological polar surface area (TPSA) is 101 Å². The molecule has 0 radical (unpaired) electrons. The lowest BCUT2D eigenvalue weighted by molar-refractivity contribution is -0.160. The number of fused-ring (bicyclic) bond motifs is 1. The zero-order valence-corrected chi connectivity index (χ0v) is 27.8. The van der Waals surface area contributed by atoms with Gasteiger partial charge in [0.2, 0.25) is 5.91 Å². The minimum atomic E-state index is -1.03. The van der Waals surface area contributed by atoms with Gasteiger partial charge in [-0.05, 0) is 22.3 Å². The van der Waals surface area contributed by atoms with Crippen LogP contribution in [0.4, 0.5) is 0 Å². The van der Waals surface area contributed by atoms with E-state index < -0.39 is 23.5 Å². The van der Waals surface area contributed by atoms with Crippen LogP contribution in [0.15, 0.2) is 125 Å². The number of halogens is 1.